The summed E-state index contributed by atoms with van der Waals surface area (Å²) < 4.78 is 26.5. The molecule has 0 spiro atoms. The van der Waals surface area contributed by atoms with Crippen LogP contribution in [0, 0.1) is 0 Å². The summed E-state index contributed by atoms with van der Waals surface area (Å²) in [5, 5.41) is 10.6. The molecule has 1 fully saturated rings. The molecule has 9 nitrogen and oxygen atoms in total. The van der Waals surface area contributed by atoms with Gasteiger partial charge in [0.15, 0.2) is 17.5 Å². The average Bonchev–Trinajstić information content (AvgIpc) is 3.31. The molecule has 0 saturated carbocycles. The quantitative estimate of drug-likeness (QED) is 0.437. The van der Waals surface area contributed by atoms with E-state index in [9.17, 15) is 14.1 Å². The molecule has 1 aliphatic heterocycles. The first kappa shape index (κ1) is 25.1. The predicted octanol–water partition coefficient (Wildman–Crippen LogP) is 2.74. The van der Waals surface area contributed by atoms with Crippen LogP contribution in [-0.4, -0.2) is 76.5 Å². The molecule has 1 amide bonds. The maximum atomic E-state index is 13.2. The van der Waals surface area contributed by atoms with Crippen LogP contribution in [0.25, 0.3) is 10.9 Å². The summed E-state index contributed by atoms with van der Waals surface area (Å²) in [4.78, 5) is 21.5. The summed E-state index contributed by atoms with van der Waals surface area (Å²) >= 11 is 0. The van der Waals surface area contributed by atoms with Gasteiger partial charge < -0.3 is 14.7 Å². The van der Waals surface area contributed by atoms with E-state index in [1.807, 2.05) is 30.3 Å². The summed E-state index contributed by atoms with van der Waals surface area (Å²) in [5.41, 5.74) is 2.02. The van der Waals surface area contributed by atoms with Crippen LogP contribution < -0.4 is 4.74 Å². The van der Waals surface area contributed by atoms with Crippen LogP contribution in [-0.2, 0) is 19.9 Å². The molecule has 10 heteroatoms. The lowest BCUT2D eigenvalue weighted by molar-refractivity contribution is -0.134. The molecule has 1 N–H and O–H groups in total. The molecular weight excluding hydrogens is 468 g/mol. The van der Waals surface area contributed by atoms with Crippen molar-refractivity contribution in [1.29, 1.82) is 0 Å². The smallest absolute Gasteiger partial charge is 0.260 e. The monoisotopic (exact) mass is 498 g/mol. The van der Waals surface area contributed by atoms with E-state index in [2.05, 4.69) is 14.2 Å². The number of ether oxygens (including phenoxy) is 1. The zero-order chi connectivity index (χ0) is 24.8. The summed E-state index contributed by atoms with van der Waals surface area (Å²) in [5.74, 6) is 0.256. The molecule has 0 radical (unpaired) electrons. The fourth-order valence-corrected chi connectivity index (χ4v) is 4.66. The van der Waals surface area contributed by atoms with E-state index in [4.69, 9.17) is 8.92 Å². The Kier molecular flexibility index (Phi) is 8.29. The van der Waals surface area contributed by atoms with Gasteiger partial charge >= 0.3 is 0 Å². The second-order valence-corrected chi connectivity index (χ2v) is 9.47. The summed E-state index contributed by atoms with van der Waals surface area (Å²) in [7, 11) is 0.927. The SMILES string of the molecule is CO[SH](=O)=Nc1ccc(OCC(=O)N(C)C(CN2CC[C@H](O)C2)c2ccccc2)c2ncccc12. The second-order valence-electron chi connectivity index (χ2n) is 8.42. The minimum atomic E-state index is -2.18. The number of hydrogen-bond acceptors (Lipinski definition) is 8. The highest BCUT2D eigenvalue weighted by Crippen LogP contribution is 2.32. The van der Waals surface area contributed by atoms with Crippen LogP contribution in [0.4, 0.5) is 5.69 Å². The van der Waals surface area contributed by atoms with E-state index in [1.54, 1.807) is 42.4 Å². The van der Waals surface area contributed by atoms with Gasteiger partial charge in [0, 0.05) is 38.3 Å². The van der Waals surface area contributed by atoms with Gasteiger partial charge in [0.25, 0.3) is 5.91 Å². The van der Waals surface area contributed by atoms with Crippen LogP contribution in [0.3, 0.4) is 0 Å². The van der Waals surface area contributed by atoms with Crippen molar-refractivity contribution in [3.8, 4) is 5.75 Å². The van der Waals surface area contributed by atoms with Crippen LogP contribution in [0.5, 0.6) is 5.75 Å². The minimum absolute atomic E-state index is 0.170. The molecule has 2 aromatic carbocycles. The number of aliphatic hydroxyl groups excluding tert-OH is 1. The molecule has 3 aromatic rings. The number of hydrogen-bond donors (Lipinski definition) is 2. The molecule has 0 aliphatic carbocycles. The number of carbonyl (C=O) groups excluding carboxylic acids is 1. The largest absolute Gasteiger partial charge is 0.481 e. The maximum Gasteiger partial charge on any atom is 0.260 e. The van der Waals surface area contributed by atoms with Gasteiger partial charge in [-0.05, 0) is 36.2 Å². The minimum Gasteiger partial charge on any atom is -0.481 e. The fourth-order valence-electron chi connectivity index (χ4n) is 4.23. The standard InChI is InChI=1S/C25H30N4O5S/c1-28(22(18-7-4-3-5-8-18)16-29-14-12-19(30)15-29)24(31)17-34-23-11-10-21(27-35(32)33-2)20-9-6-13-26-25(20)23/h3-11,13,19,22,30,35H,12,14-17H2,1-2H3/t19-,22?/m0/s1. The number of pyridine rings is 1. The number of aliphatic hydroxyl groups is 1. The van der Waals surface area contributed by atoms with Crippen molar-refractivity contribution in [1.82, 2.24) is 14.8 Å². The van der Waals surface area contributed by atoms with Gasteiger partial charge in [-0.3, -0.25) is 18.9 Å². The number of benzene rings is 2. The third kappa shape index (κ3) is 6.15. The van der Waals surface area contributed by atoms with Crippen molar-refractivity contribution < 1.29 is 23.0 Å². The van der Waals surface area contributed by atoms with Crippen molar-refractivity contribution in [3.63, 3.8) is 0 Å². The summed E-state index contributed by atoms with van der Waals surface area (Å²) in [6, 6.07) is 16.6. The summed E-state index contributed by atoms with van der Waals surface area (Å²) in [6.07, 6.45) is 2.04. The Morgan fingerprint density at radius 1 is 1.26 bits per heavy atom. The van der Waals surface area contributed by atoms with Crippen molar-refractivity contribution >= 4 is 33.4 Å². The maximum absolute atomic E-state index is 13.2. The molecule has 1 saturated heterocycles. The number of likely N-dealkylation sites (N-methyl/N-ethyl adjacent to an activating group) is 1. The number of rotatable bonds is 9. The zero-order valence-corrected chi connectivity index (χ0v) is 20.7. The lowest BCUT2D eigenvalue weighted by Crippen LogP contribution is -2.40. The molecule has 2 unspecified atom stereocenters. The Balaban J connectivity index is 1.51. The van der Waals surface area contributed by atoms with Crippen LogP contribution in [0.2, 0.25) is 0 Å². The van der Waals surface area contributed by atoms with Crippen LogP contribution in [0.1, 0.15) is 18.0 Å². The number of thiol groups is 1. The van der Waals surface area contributed by atoms with Gasteiger partial charge in [0.1, 0.15) is 11.3 Å². The Bertz CT molecular complexity index is 1250. The van der Waals surface area contributed by atoms with E-state index in [1.165, 1.54) is 7.11 Å². The Labute approximate surface area is 206 Å². The van der Waals surface area contributed by atoms with E-state index in [-0.39, 0.29) is 24.7 Å². The zero-order valence-electron chi connectivity index (χ0n) is 19.8. The third-order valence-electron chi connectivity index (χ3n) is 6.13. The lowest BCUT2D eigenvalue weighted by Gasteiger charge is -2.32. The first-order chi connectivity index (χ1) is 17.0. The van der Waals surface area contributed by atoms with E-state index >= 15 is 0 Å². The van der Waals surface area contributed by atoms with Gasteiger partial charge in [-0.1, -0.05) is 30.3 Å². The number of likely N-dealkylation sites (tertiary alicyclic amines) is 1. The molecule has 0 bridgehead atoms. The molecular formula is C25H30N4O5S. The van der Waals surface area contributed by atoms with E-state index in [0.717, 1.165) is 18.5 Å². The van der Waals surface area contributed by atoms with E-state index < -0.39 is 10.9 Å². The fraction of sp³-hybridized carbons (Fsp3) is 0.360. The van der Waals surface area contributed by atoms with Crippen molar-refractivity contribution in [3.05, 3.63) is 66.4 Å². The molecule has 3 atom stereocenters. The number of carbonyl (C=O) groups is 1. The Morgan fingerprint density at radius 3 is 2.77 bits per heavy atom. The second kappa shape index (κ2) is 11.6. The molecule has 1 aromatic heterocycles. The Morgan fingerprint density at radius 2 is 2.06 bits per heavy atom. The van der Waals surface area contributed by atoms with Gasteiger partial charge in [0.05, 0.1) is 24.9 Å². The van der Waals surface area contributed by atoms with Crippen LogP contribution >= 0.6 is 0 Å². The number of aromatic nitrogens is 1. The normalized spacial score (nSPS) is 18.0. The van der Waals surface area contributed by atoms with E-state index in [0.29, 0.717) is 35.4 Å². The van der Waals surface area contributed by atoms with Crippen molar-refractivity contribution in [2.75, 3.05) is 40.4 Å². The first-order valence-corrected chi connectivity index (χ1v) is 12.5. The van der Waals surface area contributed by atoms with Crippen molar-refractivity contribution in [2.45, 2.75) is 18.6 Å². The van der Waals surface area contributed by atoms with Gasteiger partial charge in [0.2, 0.25) is 0 Å². The molecule has 186 valence electrons. The molecule has 35 heavy (non-hydrogen) atoms. The first-order valence-electron chi connectivity index (χ1n) is 11.4. The van der Waals surface area contributed by atoms with Gasteiger partial charge in [-0.15, -0.1) is 0 Å². The Hall–Kier alpha value is -3.05. The molecule has 2 heterocycles. The number of β-amino-alcohol motifs (C(OH)–C–C–N with tert-alkyl or cyclic N) is 1. The molecule has 4 rings (SSSR count). The van der Waals surface area contributed by atoms with Gasteiger partial charge in [-0.2, -0.15) is 4.36 Å². The predicted molar refractivity (Wildman–Crippen MR) is 135 cm³/mol. The summed E-state index contributed by atoms with van der Waals surface area (Å²) in [6.45, 7) is 1.86. The highest BCUT2D eigenvalue weighted by atomic mass is 32.2. The third-order valence-corrected chi connectivity index (χ3v) is 6.82. The van der Waals surface area contributed by atoms with Crippen molar-refractivity contribution in [2.24, 2.45) is 4.36 Å². The lowest BCUT2D eigenvalue weighted by atomic mass is 10.0. The average molecular weight is 499 g/mol. The van der Waals surface area contributed by atoms with Gasteiger partial charge in [-0.25, -0.2) is 4.21 Å². The highest BCUT2D eigenvalue weighted by molar-refractivity contribution is 7.69. The topological polar surface area (TPSA) is 105 Å². The van der Waals surface area contributed by atoms with Crippen LogP contribution in [0.15, 0.2) is 65.2 Å². The number of nitrogens with zero attached hydrogens (tertiary/aromatic N) is 4. The number of amides is 1. The highest BCUT2D eigenvalue weighted by Gasteiger charge is 2.28. The number of fused-ring (bicyclic) bond motifs is 1. The molecule has 1 aliphatic rings.